The number of aryl methyl sites for hydroxylation is 2. The maximum Gasteiger partial charge on any atom is 0.135 e. The number of nitrogens with zero attached hydrogens (tertiary/aromatic N) is 5. The number of anilines is 1. The van der Waals surface area contributed by atoms with Crippen LogP contribution in [0.15, 0.2) is 35.3 Å². The van der Waals surface area contributed by atoms with Crippen LogP contribution in [0.1, 0.15) is 49.4 Å². The Bertz CT molecular complexity index is 1060. The Morgan fingerprint density at radius 3 is 2.70 bits per heavy atom. The van der Waals surface area contributed by atoms with Crippen LogP contribution in [-0.4, -0.2) is 31.2 Å². The van der Waals surface area contributed by atoms with Gasteiger partial charge in [0, 0.05) is 24.9 Å². The van der Waals surface area contributed by atoms with Crippen LogP contribution in [-0.2, 0) is 7.05 Å². The Balaban J connectivity index is 1.59. The van der Waals surface area contributed by atoms with E-state index in [1.54, 1.807) is 6.92 Å². The van der Waals surface area contributed by atoms with Gasteiger partial charge in [0.1, 0.15) is 29.1 Å². The second-order valence-electron chi connectivity index (χ2n) is 7.10. The summed E-state index contributed by atoms with van der Waals surface area (Å²) in [5.74, 6) is 4.20. The molecular weight excluding hydrogens is 338 g/mol. The second-order valence-corrected chi connectivity index (χ2v) is 7.10. The van der Waals surface area contributed by atoms with Gasteiger partial charge in [-0.2, -0.15) is 0 Å². The van der Waals surface area contributed by atoms with Crippen molar-refractivity contribution >= 4 is 28.5 Å². The fourth-order valence-electron chi connectivity index (χ4n) is 3.61. The smallest absolute Gasteiger partial charge is 0.135 e. The third-order valence-electron chi connectivity index (χ3n) is 4.83. The zero-order chi connectivity index (χ0) is 19.1. The Hall–Kier alpha value is -3.09. The zero-order valence-electron chi connectivity index (χ0n) is 16.0. The van der Waals surface area contributed by atoms with E-state index in [2.05, 4.69) is 44.0 Å². The lowest BCUT2D eigenvalue weighted by molar-refractivity contribution is 0.795. The molecule has 1 fully saturated rings. The Kier molecular flexibility index (Phi) is 4.22. The van der Waals surface area contributed by atoms with Crippen LogP contribution in [0, 0.1) is 12.3 Å². The fourth-order valence-corrected chi connectivity index (χ4v) is 3.61. The molecule has 7 nitrogen and oxygen atoms in total. The molecule has 0 amide bonds. The minimum Gasteiger partial charge on any atom is -0.331 e. The number of rotatable bonds is 3. The summed E-state index contributed by atoms with van der Waals surface area (Å²) >= 11 is 0. The number of hydrogen-bond acceptors (Lipinski definition) is 4. The summed E-state index contributed by atoms with van der Waals surface area (Å²) in [5, 5.41) is 10.6. The maximum absolute atomic E-state index is 7.47. The van der Waals surface area contributed by atoms with Gasteiger partial charge in [0.25, 0.3) is 0 Å². The van der Waals surface area contributed by atoms with Crippen LogP contribution in [0.3, 0.4) is 0 Å². The summed E-state index contributed by atoms with van der Waals surface area (Å²) in [6.45, 7) is 5.37. The van der Waals surface area contributed by atoms with E-state index in [9.17, 15) is 0 Å². The predicted octanol–water partition coefficient (Wildman–Crippen LogP) is 3.77. The third kappa shape index (κ3) is 3.45. The van der Waals surface area contributed by atoms with Crippen molar-refractivity contribution in [3.05, 3.63) is 47.7 Å². The van der Waals surface area contributed by atoms with E-state index in [4.69, 9.17) is 10.4 Å². The Morgan fingerprint density at radius 2 is 1.96 bits per heavy atom. The van der Waals surface area contributed by atoms with E-state index >= 15 is 0 Å². The third-order valence-corrected chi connectivity index (χ3v) is 4.83. The largest absolute Gasteiger partial charge is 0.331 e. The Labute approximate surface area is 158 Å². The van der Waals surface area contributed by atoms with Gasteiger partial charge in [-0.15, -0.1) is 0 Å². The molecule has 1 aromatic carbocycles. The highest BCUT2D eigenvalue weighted by atomic mass is 15.1. The molecule has 1 saturated carbocycles. The molecule has 2 aromatic heterocycles. The summed E-state index contributed by atoms with van der Waals surface area (Å²) in [6.07, 6.45) is 1.04. The molecule has 1 aliphatic rings. The molecular formula is C20H23N7. The number of hydrogen-bond donors (Lipinski definition) is 2. The van der Waals surface area contributed by atoms with Gasteiger partial charge in [0.2, 0.25) is 0 Å². The average Bonchev–Trinajstić information content (AvgIpc) is 3.32. The quantitative estimate of drug-likeness (QED) is 0.549. The van der Waals surface area contributed by atoms with Crippen molar-refractivity contribution in [2.75, 3.05) is 5.32 Å². The van der Waals surface area contributed by atoms with Crippen molar-refractivity contribution in [2.45, 2.75) is 39.0 Å². The molecule has 0 aliphatic heterocycles. The predicted molar refractivity (Wildman–Crippen MR) is 108 cm³/mol. The van der Waals surface area contributed by atoms with E-state index in [0.717, 1.165) is 40.6 Å². The molecule has 0 spiro atoms. The molecule has 138 valence electrons. The monoisotopic (exact) mass is 361 g/mol. The number of benzene rings is 1. The summed E-state index contributed by atoms with van der Waals surface area (Å²) < 4.78 is 2.19. The van der Waals surface area contributed by atoms with Gasteiger partial charge in [0.05, 0.1) is 16.7 Å². The van der Waals surface area contributed by atoms with Gasteiger partial charge in [0.15, 0.2) is 0 Å². The average molecular weight is 361 g/mol. The number of aromatic nitrogens is 4. The summed E-state index contributed by atoms with van der Waals surface area (Å²) in [4.78, 5) is 18.0. The number of para-hydroxylation sites is 2. The molecule has 2 N–H and O–H groups in total. The minimum absolute atomic E-state index is 0.259. The molecule has 7 heteroatoms. The highest BCUT2D eigenvalue weighted by molar-refractivity contribution is 6.00. The fraction of sp³-hybridized carbons (Fsp3) is 0.350. The molecule has 3 aromatic rings. The highest BCUT2D eigenvalue weighted by Gasteiger charge is 2.44. The summed E-state index contributed by atoms with van der Waals surface area (Å²) in [5.41, 5.74) is 3.23. The maximum atomic E-state index is 7.47. The lowest BCUT2D eigenvalue weighted by Gasteiger charge is -2.08. The molecule has 1 aliphatic carbocycles. The van der Waals surface area contributed by atoms with Crippen LogP contribution in [0.2, 0.25) is 0 Å². The van der Waals surface area contributed by atoms with Crippen molar-refractivity contribution in [1.82, 2.24) is 19.5 Å². The molecule has 0 saturated heterocycles. The Morgan fingerprint density at radius 1 is 1.19 bits per heavy atom. The minimum atomic E-state index is 0.259. The van der Waals surface area contributed by atoms with Crippen molar-refractivity contribution in [1.29, 1.82) is 5.41 Å². The topological polar surface area (TPSA) is 91.8 Å². The first-order valence-corrected chi connectivity index (χ1v) is 9.07. The van der Waals surface area contributed by atoms with Gasteiger partial charge < -0.3 is 9.88 Å². The van der Waals surface area contributed by atoms with E-state index in [1.165, 1.54) is 0 Å². The number of fused-ring (bicyclic) bond motifs is 1. The van der Waals surface area contributed by atoms with Gasteiger partial charge >= 0.3 is 0 Å². The van der Waals surface area contributed by atoms with Crippen molar-refractivity contribution in [3.8, 4) is 0 Å². The van der Waals surface area contributed by atoms with Crippen molar-refractivity contribution in [2.24, 2.45) is 12.0 Å². The molecule has 0 bridgehead atoms. The van der Waals surface area contributed by atoms with Gasteiger partial charge in [-0.3, -0.25) is 5.41 Å². The lowest BCUT2D eigenvalue weighted by Crippen LogP contribution is -2.12. The summed E-state index contributed by atoms with van der Waals surface area (Å²) in [7, 11) is 2.08. The second kappa shape index (κ2) is 6.57. The first-order valence-electron chi connectivity index (χ1n) is 9.07. The van der Waals surface area contributed by atoms with Gasteiger partial charge in [-0.05, 0) is 39.3 Å². The number of aliphatic imine (C=N–C) groups is 1. The standard InChI is InChI=1S/C20H23N7/c1-11(21)22-12(2)24-19-10-17(23-13(3)25-19)14-9-15(14)20-26-16-7-5-6-8-18(16)27(20)4/h5-8,10,14-15H,9H2,1-4H3,(H2,21,22,23,24,25). The zero-order valence-corrected chi connectivity index (χ0v) is 16.0. The van der Waals surface area contributed by atoms with Gasteiger partial charge in [-0.1, -0.05) is 12.1 Å². The SMILES string of the molecule is CC(=N)/N=C(/C)Nc1cc(C2CC2c2nc3ccccc3n2C)nc(C)n1. The van der Waals surface area contributed by atoms with Crippen LogP contribution in [0.4, 0.5) is 5.82 Å². The van der Waals surface area contributed by atoms with E-state index in [0.29, 0.717) is 17.7 Å². The highest BCUT2D eigenvalue weighted by Crippen LogP contribution is 2.54. The number of nitrogens with one attached hydrogen (secondary N) is 2. The molecule has 27 heavy (non-hydrogen) atoms. The van der Waals surface area contributed by atoms with E-state index < -0.39 is 0 Å². The first-order chi connectivity index (χ1) is 12.9. The van der Waals surface area contributed by atoms with Crippen molar-refractivity contribution in [3.63, 3.8) is 0 Å². The van der Waals surface area contributed by atoms with Gasteiger partial charge in [-0.25, -0.2) is 19.9 Å². The first kappa shape index (κ1) is 17.3. The van der Waals surface area contributed by atoms with Crippen molar-refractivity contribution < 1.29 is 0 Å². The molecule has 0 radical (unpaired) electrons. The van der Waals surface area contributed by atoms with Crippen LogP contribution in [0.25, 0.3) is 11.0 Å². The summed E-state index contributed by atoms with van der Waals surface area (Å²) in [6, 6.07) is 10.2. The number of amidine groups is 2. The lowest BCUT2D eigenvalue weighted by atomic mass is 10.2. The van der Waals surface area contributed by atoms with Crippen LogP contribution in [0.5, 0.6) is 0 Å². The molecule has 2 atom stereocenters. The van der Waals surface area contributed by atoms with Crippen LogP contribution < -0.4 is 5.32 Å². The molecule has 4 rings (SSSR count). The van der Waals surface area contributed by atoms with E-state index in [1.807, 2.05) is 32.0 Å². The number of imidazole rings is 1. The van der Waals surface area contributed by atoms with Crippen LogP contribution >= 0.6 is 0 Å². The molecule has 2 heterocycles. The molecule has 2 unspecified atom stereocenters. The van der Waals surface area contributed by atoms with E-state index in [-0.39, 0.29) is 5.84 Å². The normalized spacial score (nSPS) is 19.3.